The van der Waals surface area contributed by atoms with Crippen LogP contribution in [0.15, 0.2) is 0 Å². The Morgan fingerprint density at radius 1 is 1.26 bits per heavy atom. The summed E-state index contributed by atoms with van der Waals surface area (Å²) >= 11 is 1.87. The summed E-state index contributed by atoms with van der Waals surface area (Å²) in [5.41, 5.74) is 1.40. The second kappa shape index (κ2) is 5.80. The van der Waals surface area contributed by atoms with Gasteiger partial charge in [0.15, 0.2) is 5.13 Å². The number of nitrogens with one attached hydrogen (secondary N) is 1. The van der Waals surface area contributed by atoms with Crippen molar-refractivity contribution >= 4 is 16.5 Å². The minimum absolute atomic E-state index is 0.127. The third kappa shape index (κ3) is 3.69. The number of nitrogens with zero attached hydrogens (tertiary/aromatic N) is 2. The molecule has 1 aliphatic rings. The highest BCUT2D eigenvalue weighted by atomic mass is 32.1. The predicted octanol–water partition coefficient (Wildman–Crippen LogP) is 3.54. The summed E-state index contributed by atoms with van der Waals surface area (Å²) in [6.07, 6.45) is 2.68. The topological polar surface area (TPSA) is 28.2 Å². The molecule has 1 fully saturated rings. The zero-order valence-corrected chi connectivity index (χ0v) is 13.7. The fourth-order valence-corrected chi connectivity index (χ4v) is 3.55. The molecule has 19 heavy (non-hydrogen) atoms. The average molecular weight is 281 g/mol. The van der Waals surface area contributed by atoms with Crippen molar-refractivity contribution in [3.05, 3.63) is 10.6 Å². The lowest BCUT2D eigenvalue weighted by Gasteiger charge is -2.19. The molecule has 0 bridgehead atoms. The summed E-state index contributed by atoms with van der Waals surface area (Å²) in [6.45, 7) is 14.2. The lowest BCUT2D eigenvalue weighted by Crippen LogP contribution is -2.22. The van der Waals surface area contributed by atoms with Crippen LogP contribution in [0.2, 0.25) is 0 Å². The van der Waals surface area contributed by atoms with Gasteiger partial charge in [-0.1, -0.05) is 20.8 Å². The summed E-state index contributed by atoms with van der Waals surface area (Å²) in [4.78, 5) is 8.69. The van der Waals surface area contributed by atoms with E-state index in [0.29, 0.717) is 0 Å². The fraction of sp³-hybridized carbons (Fsp3) is 0.800. The first-order valence-corrected chi connectivity index (χ1v) is 8.25. The Morgan fingerprint density at radius 2 is 1.89 bits per heavy atom. The molecule has 1 aromatic heterocycles. The number of hydrogen-bond acceptors (Lipinski definition) is 4. The Hall–Kier alpha value is -0.610. The lowest BCUT2D eigenvalue weighted by molar-refractivity contribution is 0.558. The summed E-state index contributed by atoms with van der Waals surface area (Å²) < 4.78 is 0. The van der Waals surface area contributed by atoms with Crippen molar-refractivity contribution in [2.45, 2.75) is 65.5 Å². The van der Waals surface area contributed by atoms with Gasteiger partial charge in [0.2, 0.25) is 0 Å². The second-order valence-corrected chi connectivity index (χ2v) is 7.41. The van der Waals surface area contributed by atoms with Crippen molar-refractivity contribution in [2.24, 2.45) is 0 Å². The quantitative estimate of drug-likeness (QED) is 0.864. The van der Waals surface area contributed by atoms with E-state index < -0.39 is 0 Å². The maximum absolute atomic E-state index is 4.93. The molecule has 3 nitrogen and oxygen atoms in total. The largest absolute Gasteiger partial charge is 0.349 e. The van der Waals surface area contributed by atoms with Crippen LogP contribution in [0.5, 0.6) is 0 Å². The minimum Gasteiger partial charge on any atom is -0.349 e. The van der Waals surface area contributed by atoms with E-state index in [1.807, 2.05) is 11.3 Å². The van der Waals surface area contributed by atoms with E-state index in [4.69, 9.17) is 4.98 Å². The SMILES string of the molecule is CCN(CC)c1nc(C(C)(C)C)c(CNC2CC2)s1. The van der Waals surface area contributed by atoms with Gasteiger partial charge < -0.3 is 10.2 Å². The van der Waals surface area contributed by atoms with Crippen LogP contribution >= 0.6 is 11.3 Å². The van der Waals surface area contributed by atoms with E-state index >= 15 is 0 Å². The van der Waals surface area contributed by atoms with E-state index in [9.17, 15) is 0 Å². The molecule has 0 saturated heterocycles. The summed E-state index contributed by atoms with van der Waals surface area (Å²) in [7, 11) is 0. The number of anilines is 1. The summed E-state index contributed by atoms with van der Waals surface area (Å²) in [5.74, 6) is 0. The van der Waals surface area contributed by atoms with Crippen LogP contribution in [0.3, 0.4) is 0 Å². The highest BCUT2D eigenvalue weighted by molar-refractivity contribution is 7.15. The minimum atomic E-state index is 0.127. The van der Waals surface area contributed by atoms with Gasteiger partial charge in [-0.2, -0.15) is 0 Å². The number of rotatable bonds is 6. The van der Waals surface area contributed by atoms with E-state index in [0.717, 1.165) is 25.7 Å². The van der Waals surface area contributed by atoms with Crippen LogP contribution in [-0.4, -0.2) is 24.1 Å². The Labute approximate surface area is 121 Å². The molecule has 0 aromatic carbocycles. The third-order valence-corrected chi connectivity index (χ3v) is 4.68. The highest BCUT2D eigenvalue weighted by Gasteiger charge is 2.26. The van der Waals surface area contributed by atoms with E-state index in [2.05, 4.69) is 44.8 Å². The Morgan fingerprint density at radius 3 is 2.37 bits per heavy atom. The molecule has 4 heteroatoms. The molecule has 1 heterocycles. The maximum Gasteiger partial charge on any atom is 0.185 e. The second-order valence-electron chi connectivity index (χ2n) is 6.35. The average Bonchev–Trinajstić information content (AvgIpc) is 3.07. The molecule has 1 aliphatic carbocycles. The zero-order valence-electron chi connectivity index (χ0n) is 12.9. The zero-order chi connectivity index (χ0) is 14.0. The van der Waals surface area contributed by atoms with Crippen molar-refractivity contribution in [3.8, 4) is 0 Å². The van der Waals surface area contributed by atoms with E-state index in [1.165, 1.54) is 28.5 Å². The molecule has 1 aromatic rings. The van der Waals surface area contributed by atoms with Gasteiger partial charge in [-0.15, -0.1) is 11.3 Å². The summed E-state index contributed by atoms with van der Waals surface area (Å²) in [5, 5.41) is 4.81. The lowest BCUT2D eigenvalue weighted by atomic mass is 9.91. The van der Waals surface area contributed by atoms with Crippen molar-refractivity contribution in [1.29, 1.82) is 0 Å². The molecule has 0 atom stereocenters. The Balaban J connectivity index is 2.21. The number of thiazole rings is 1. The molecular formula is C15H27N3S. The maximum atomic E-state index is 4.93. The summed E-state index contributed by atoms with van der Waals surface area (Å²) in [6, 6.07) is 0.756. The monoisotopic (exact) mass is 281 g/mol. The first-order chi connectivity index (χ1) is 8.95. The third-order valence-electron chi connectivity index (χ3n) is 3.56. The highest BCUT2D eigenvalue weighted by Crippen LogP contribution is 2.34. The van der Waals surface area contributed by atoms with Crippen LogP contribution in [0.1, 0.15) is 58.0 Å². The van der Waals surface area contributed by atoms with Gasteiger partial charge in [-0.3, -0.25) is 0 Å². The molecule has 1 saturated carbocycles. The Kier molecular flexibility index (Phi) is 4.51. The van der Waals surface area contributed by atoms with Gasteiger partial charge in [0.1, 0.15) is 0 Å². The normalized spacial score (nSPS) is 15.8. The number of aromatic nitrogens is 1. The molecule has 0 unspecified atom stereocenters. The van der Waals surface area contributed by atoms with Crippen LogP contribution in [0.25, 0.3) is 0 Å². The molecule has 108 valence electrons. The van der Waals surface area contributed by atoms with Gasteiger partial charge in [0, 0.05) is 36.0 Å². The van der Waals surface area contributed by atoms with Crippen molar-refractivity contribution in [2.75, 3.05) is 18.0 Å². The van der Waals surface area contributed by atoms with Crippen molar-refractivity contribution in [3.63, 3.8) is 0 Å². The van der Waals surface area contributed by atoms with Crippen molar-refractivity contribution in [1.82, 2.24) is 10.3 Å². The molecule has 0 amide bonds. The smallest absolute Gasteiger partial charge is 0.185 e. The van der Waals surface area contributed by atoms with Gasteiger partial charge >= 0.3 is 0 Å². The van der Waals surface area contributed by atoms with Crippen molar-refractivity contribution < 1.29 is 0 Å². The van der Waals surface area contributed by atoms with Gasteiger partial charge in [-0.25, -0.2) is 4.98 Å². The number of hydrogen-bond donors (Lipinski definition) is 1. The molecule has 0 aliphatic heterocycles. The predicted molar refractivity (Wildman–Crippen MR) is 84.2 cm³/mol. The van der Waals surface area contributed by atoms with E-state index in [-0.39, 0.29) is 5.41 Å². The molecule has 0 radical (unpaired) electrons. The fourth-order valence-electron chi connectivity index (χ4n) is 2.20. The van der Waals surface area contributed by atoms with E-state index in [1.54, 1.807) is 0 Å². The molecule has 1 N–H and O–H groups in total. The van der Waals surface area contributed by atoms with Gasteiger partial charge in [0.05, 0.1) is 5.69 Å². The first kappa shape index (κ1) is 14.8. The molecular weight excluding hydrogens is 254 g/mol. The van der Waals surface area contributed by atoms with Crippen LogP contribution in [0.4, 0.5) is 5.13 Å². The first-order valence-electron chi connectivity index (χ1n) is 7.44. The molecule has 0 spiro atoms. The van der Waals surface area contributed by atoms with Gasteiger partial charge in [0.25, 0.3) is 0 Å². The van der Waals surface area contributed by atoms with Crippen LogP contribution < -0.4 is 10.2 Å². The standard InChI is InChI=1S/C15H27N3S/c1-6-18(7-2)14-17-13(15(3,4)5)12(19-14)10-16-11-8-9-11/h11,16H,6-10H2,1-5H3. The Bertz CT molecular complexity index is 412. The van der Waals surface area contributed by atoms with Gasteiger partial charge in [-0.05, 0) is 26.7 Å². The van der Waals surface area contributed by atoms with Crippen LogP contribution in [0, 0.1) is 0 Å². The van der Waals surface area contributed by atoms with Crippen LogP contribution in [-0.2, 0) is 12.0 Å². The molecule has 2 rings (SSSR count).